The minimum atomic E-state index is -0.550. The summed E-state index contributed by atoms with van der Waals surface area (Å²) in [7, 11) is 5.23. The van der Waals surface area contributed by atoms with Gasteiger partial charge in [-0.15, -0.1) is 0 Å². The number of hydrogen-bond acceptors (Lipinski definition) is 7. The Hall–Kier alpha value is -4.29. The number of ether oxygens (including phenoxy) is 1. The maximum atomic E-state index is 14.4. The van der Waals surface area contributed by atoms with Crippen LogP contribution in [0.5, 0.6) is 5.75 Å². The van der Waals surface area contributed by atoms with E-state index in [1.165, 1.54) is 7.11 Å². The van der Waals surface area contributed by atoms with Crippen LogP contribution in [0.1, 0.15) is 13.8 Å². The van der Waals surface area contributed by atoms with Gasteiger partial charge in [-0.2, -0.15) is 5.26 Å². The van der Waals surface area contributed by atoms with E-state index in [-0.39, 0.29) is 17.2 Å². The maximum absolute atomic E-state index is 14.4. The Kier molecular flexibility index (Phi) is 7.79. The van der Waals surface area contributed by atoms with Crippen LogP contribution in [-0.4, -0.2) is 47.5 Å². The minimum Gasteiger partial charge on any atom is -0.495 e. The Morgan fingerprint density at radius 2 is 1.91 bits per heavy atom. The molecule has 0 aliphatic rings. The first-order valence-electron chi connectivity index (χ1n) is 10.8. The summed E-state index contributed by atoms with van der Waals surface area (Å²) in [6.45, 7) is 3.80. The normalized spacial score (nSPS) is 11.7. The van der Waals surface area contributed by atoms with Gasteiger partial charge >= 0.3 is 0 Å². The Bertz CT molecular complexity index is 1280. The molecule has 3 rings (SSSR count). The zero-order valence-electron chi connectivity index (χ0n) is 20.3. The number of amides is 1. The molecule has 2 aromatic carbocycles. The zero-order valence-corrected chi connectivity index (χ0v) is 20.3. The lowest BCUT2D eigenvalue weighted by atomic mass is 10.00. The third kappa shape index (κ3) is 6.19. The highest BCUT2D eigenvalue weighted by Crippen LogP contribution is 2.31. The molecule has 0 aliphatic carbocycles. The smallest absolute Gasteiger partial charge is 0.266 e. The molecule has 8 nitrogen and oxygen atoms in total. The minimum absolute atomic E-state index is 0.0107. The monoisotopic (exact) mass is 474 g/mol. The van der Waals surface area contributed by atoms with Crippen LogP contribution in [0.3, 0.4) is 0 Å². The molecule has 3 aromatic rings. The molecular weight excluding hydrogens is 447 g/mol. The first-order chi connectivity index (χ1) is 16.6. The summed E-state index contributed by atoms with van der Waals surface area (Å²) in [5.41, 5.74) is 1.13. The van der Waals surface area contributed by atoms with Gasteiger partial charge in [0, 0.05) is 16.8 Å². The molecule has 0 unspecified atom stereocenters. The fraction of sp³-hybridized carbons (Fsp3) is 0.231. The molecule has 9 heteroatoms. The van der Waals surface area contributed by atoms with Gasteiger partial charge < -0.3 is 20.3 Å². The van der Waals surface area contributed by atoms with E-state index < -0.39 is 17.3 Å². The van der Waals surface area contributed by atoms with E-state index in [4.69, 9.17) is 4.74 Å². The second-order valence-electron chi connectivity index (χ2n) is 8.47. The number of anilines is 3. The molecule has 35 heavy (non-hydrogen) atoms. The number of methoxy groups -OCH3 is 1. The number of halogens is 1. The van der Waals surface area contributed by atoms with Gasteiger partial charge in [-0.05, 0) is 52.2 Å². The van der Waals surface area contributed by atoms with E-state index in [0.29, 0.717) is 22.7 Å². The van der Waals surface area contributed by atoms with Crippen molar-refractivity contribution in [1.29, 1.82) is 5.26 Å². The Morgan fingerprint density at radius 3 is 2.54 bits per heavy atom. The number of nitrogens with one attached hydrogen (secondary N) is 2. The number of carbonyl (C=O) groups excluding carboxylic acids is 1. The van der Waals surface area contributed by atoms with E-state index in [1.807, 2.05) is 45.0 Å². The second kappa shape index (κ2) is 10.8. The van der Waals surface area contributed by atoms with Crippen molar-refractivity contribution in [2.75, 3.05) is 31.8 Å². The van der Waals surface area contributed by atoms with Crippen LogP contribution in [-0.2, 0) is 4.79 Å². The highest BCUT2D eigenvalue weighted by atomic mass is 19.1. The summed E-state index contributed by atoms with van der Waals surface area (Å²) in [5, 5.41) is 15.3. The van der Waals surface area contributed by atoms with Crippen molar-refractivity contribution in [2.24, 2.45) is 0 Å². The van der Waals surface area contributed by atoms with Gasteiger partial charge in [0.1, 0.15) is 23.1 Å². The van der Waals surface area contributed by atoms with Crippen LogP contribution >= 0.6 is 0 Å². The van der Waals surface area contributed by atoms with Crippen molar-refractivity contribution in [3.05, 3.63) is 72.2 Å². The molecule has 1 aromatic heterocycles. The van der Waals surface area contributed by atoms with Crippen LogP contribution < -0.4 is 15.4 Å². The van der Waals surface area contributed by atoms with Crippen LogP contribution in [0.15, 0.2) is 66.4 Å². The van der Waals surface area contributed by atoms with Crippen molar-refractivity contribution in [1.82, 2.24) is 14.9 Å². The molecule has 2 N–H and O–H groups in total. The van der Waals surface area contributed by atoms with E-state index in [0.717, 1.165) is 6.20 Å². The van der Waals surface area contributed by atoms with Crippen molar-refractivity contribution < 1.29 is 13.9 Å². The lowest BCUT2D eigenvalue weighted by molar-refractivity contribution is -0.112. The summed E-state index contributed by atoms with van der Waals surface area (Å²) in [6.07, 6.45) is 2.70. The fourth-order valence-electron chi connectivity index (χ4n) is 3.06. The first kappa shape index (κ1) is 25.3. The summed E-state index contributed by atoms with van der Waals surface area (Å²) in [6, 6.07) is 15.8. The van der Waals surface area contributed by atoms with Crippen molar-refractivity contribution in [3.8, 4) is 23.1 Å². The molecule has 1 amide bonds. The molecule has 0 radical (unpaired) electrons. The lowest BCUT2D eigenvalue weighted by Gasteiger charge is -2.29. The maximum Gasteiger partial charge on any atom is 0.266 e. The van der Waals surface area contributed by atoms with Gasteiger partial charge in [0.05, 0.1) is 19.0 Å². The van der Waals surface area contributed by atoms with E-state index >= 15 is 0 Å². The zero-order chi connectivity index (χ0) is 25.6. The topological polar surface area (TPSA) is 103 Å². The van der Waals surface area contributed by atoms with E-state index in [2.05, 4.69) is 20.6 Å². The summed E-state index contributed by atoms with van der Waals surface area (Å²) in [4.78, 5) is 23.0. The van der Waals surface area contributed by atoms with Gasteiger partial charge in [0.2, 0.25) is 5.95 Å². The largest absolute Gasteiger partial charge is 0.495 e. The highest BCUT2D eigenvalue weighted by molar-refractivity contribution is 6.07. The third-order valence-electron chi connectivity index (χ3n) is 5.51. The fourth-order valence-corrected chi connectivity index (χ4v) is 3.06. The van der Waals surface area contributed by atoms with Crippen LogP contribution in [0.25, 0.3) is 11.3 Å². The molecule has 0 saturated heterocycles. The average molecular weight is 475 g/mol. The van der Waals surface area contributed by atoms with Crippen molar-refractivity contribution in [3.63, 3.8) is 0 Å². The third-order valence-corrected chi connectivity index (χ3v) is 5.51. The van der Waals surface area contributed by atoms with Gasteiger partial charge in [-0.1, -0.05) is 30.3 Å². The number of benzene rings is 2. The number of carbonyl (C=O) groups is 1. The number of rotatable bonds is 8. The van der Waals surface area contributed by atoms with Crippen LogP contribution in [0.4, 0.5) is 21.7 Å². The summed E-state index contributed by atoms with van der Waals surface area (Å²) in [5.74, 6) is -0.478. The molecule has 0 aliphatic heterocycles. The SMILES string of the molecule is COc1ccc(NC(=O)C(C#N)=CC(C)(C)N(C)C)cc1Nc1ncc(F)c(-c2ccccc2)n1. The number of hydrogen-bond donors (Lipinski definition) is 2. The van der Waals surface area contributed by atoms with Crippen molar-refractivity contribution in [2.45, 2.75) is 19.4 Å². The Labute approximate surface area is 204 Å². The molecule has 0 fully saturated rings. The molecule has 0 atom stereocenters. The Morgan fingerprint density at radius 1 is 1.20 bits per heavy atom. The predicted octanol–water partition coefficient (Wildman–Crippen LogP) is 4.76. The molecule has 0 spiro atoms. The molecule has 180 valence electrons. The van der Waals surface area contributed by atoms with E-state index in [1.54, 1.807) is 48.5 Å². The lowest BCUT2D eigenvalue weighted by Crippen LogP contribution is -2.37. The van der Waals surface area contributed by atoms with Crippen LogP contribution in [0.2, 0.25) is 0 Å². The van der Waals surface area contributed by atoms with Gasteiger partial charge in [0.15, 0.2) is 5.82 Å². The Balaban J connectivity index is 1.88. The number of likely N-dealkylation sites (N-methyl/N-ethyl adjacent to an activating group) is 1. The average Bonchev–Trinajstić information content (AvgIpc) is 2.84. The van der Waals surface area contributed by atoms with Gasteiger partial charge in [-0.25, -0.2) is 14.4 Å². The summed E-state index contributed by atoms with van der Waals surface area (Å²) >= 11 is 0. The molecule has 0 bridgehead atoms. The number of nitrogens with zero attached hydrogens (tertiary/aromatic N) is 4. The number of aromatic nitrogens is 2. The van der Waals surface area contributed by atoms with E-state index in [9.17, 15) is 14.4 Å². The predicted molar refractivity (Wildman–Crippen MR) is 134 cm³/mol. The summed E-state index contributed by atoms with van der Waals surface area (Å²) < 4.78 is 19.8. The van der Waals surface area contributed by atoms with Crippen LogP contribution in [0, 0.1) is 17.1 Å². The molecular formula is C26H27FN6O2. The quantitative estimate of drug-likeness (QED) is 0.358. The standard InChI is InChI=1S/C26H27FN6O2/c1-26(2,33(3)4)14-18(15-28)24(34)30-19-11-12-22(35-5)21(13-19)31-25-29-16-20(27)23(32-25)17-9-7-6-8-10-17/h6-14,16H,1-5H3,(H,30,34)(H,29,31,32). The van der Waals surface area contributed by atoms with Crippen molar-refractivity contribution >= 4 is 23.2 Å². The van der Waals surface area contributed by atoms with Gasteiger partial charge in [-0.3, -0.25) is 4.79 Å². The van der Waals surface area contributed by atoms with Gasteiger partial charge in [0.25, 0.3) is 5.91 Å². The highest BCUT2D eigenvalue weighted by Gasteiger charge is 2.21. The first-order valence-corrected chi connectivity index (χ1v) is 10.8. The second-order valence-corrected chi connectivity index (χ2v) is 8.47. The molecule has 0 saturated carbocycles. The number of nitriles is 1. The molecule has 1 heterocycles.